The third kappa shape index (κ3) is 3.22. The number of carbonyl (C=O) groups excluding carboxylic acids is 1. The van der Waals surface area contributed by atoms with Gasteiger partial charge in [-0.3, -0.25) is 19.3 Å². The molecule has 1 aromatic carbocycles. The third-order valence-electron chi connectivity index (χ3n) is 4.93. The molecule has 0 radical (unpaired) electrons. The van der Waals surface area contributed by atoms with E-state index >= 15 is 0 Å². The molecule has 5 N–H and O–H groups in total. The number of H-pyrrole nitrogens is 1. The maximum absolute atomic E-state index is 14.6. The van der Waals surface area contributed by atoms with Crippen molar-refractivity contribution in [2.24, 2.45) is 11.5 Å². The molecule has 0 fully saturated rings. The van der Waals surface area contributed by atoms with E-state index in [1.54, 1.807) is 29.9 Å². The van der Waals surface area contributed by atoms with Gasteiger partial charge in [0, 0.05) is 29.6 Å². The van der Waals surface area contributed by atoms with Gasteiger partial charge in [-0.25, -0.2) is 9.37 Å². The molecule has 0 unspecified atom stereocenters. The summed E-state index contributed by atoms with van der Waals surface area (Å²) in [7, 11) is 0. The Labute approximate surface area is 171 Å². The summed E-state index contributed by atoms with van der Waals surface area (Å²) >= 11 is 0. The Kier molecular flexibility index (Phi) is 5.04. The highest BCUT2D eigenvalue weighted by Crippen LogP contribution is 2.30. The number of nitrogens with zero attached hydrogens (tertiary/aromatic N) is 6. The molecule has 0 aliphatic rings. The second-order valence-electron chi connectivity index (χ2n) is 6.90. The van der Waals surface area contributed by atoms with Gasteiger partial charge in [-0.1, -0.05) is 0 Å². The first-order valence-corrected chi connectivity index (χ1v) is 9.60. The van der Waals surface area contributed by atoms with Crippen molar-refractivity contribution in [3.8, 4) is 22.9 Å². The van der Waals surface area contributed by atoms with Gasteiger partial charge >= 0.3 is 0 Å². The van der Waals surface area contributed by atoms with Crippen LogP contribution in [0, 0.1) is 12.7 Å². The second kappa shape index (κ2) is 7.67. The maximum Gasteiger partial charge on any atom is 0.248 e. The van der Waals surface area contributed by atoms with E-state index in [1.807, 2.05) is 6.92 Å². The van der Waals surface area contributed by atoms with E-state index in [-0.39, 0.29) is 17.2 Å². The van der Waals surface area contributed by atoms with Gasteiger partial charge in [0.05, 0.1) is 17.4 Å². The topological polar surface area (TPSA) is 146 Å². The number of aromatic nitrogens is 7. The van der Waals surface area contributed by atoms with Gasteiger partial charge in [-0.05, 0) is 38.9 Å². The fraction of sp³-hybridized carbons (Fsp3) is 0.316. The van der Waals surface area contributed by atoms with Gasteiger partial charge in [0.1, 0.15) is 5.69 Å². The summed E-state index contributed by atoms with van der Waals surface area (Å²) in [4.78, 5) is 16.4. The van der Waals surface area contributed by atoms with Crippen molar-refractivity contribution in [3.05, 3.63) is 35.4 Å². The van der Waals surface area contributed by atoms with Crippen LogP contribution < -0.4 is 11.5 Å². The van der Waals surface area contributed by atoms with E-state index in [1.165, 1.54) is 4.68 Å². The predicted octanol–water partition coefficient (Wildman–Crippen LogP) is 1.60. The molecular weight excluding hydrogens is 389 g/mol. The Balaban J connectivity index is 1.86. The van der Waals surface area contributed by atoms with Crippen LogP contribution in [-0.2, 0) is 13.1 Å². The molecular formula is C19H22FN9O. The molecule has 0 spiro atoms. The lowest BCUT2D eigenvalue weighted by atomic mass is 10.0. The monoisotopic (exact) mass is 411 g/mol. The van der Waals surface area contributed by atoms with Crippen LogP contribution >= 0.6 is 0 Å². The van der Waals surface area contributed by atoms with Crippen molar-refractivity contribution in [1.82, 2.24) is 34.7 Å². The number of primary amides is 1. The van der Waals surface area contributed by atoms with Crippen molar-refractivity contribution in [2.45, 2.75) is 33.4 Å². The molecule has 4 rings (SSSR count). The molecule has 0 aliphatic carbocycles. The first-order valence-electron chi connectivity index (χ1n) is 9.60. The number of nitrogens with one attached hydrogen (secondary N) is 1. The van der Waals surface area contributed by atoms with Crippen LogP contribution in [0.3, 0.4) is 0 Å². The lowest BCUT2D eigenvalue weighted by molar-refractivity contribution is 0.100. The molecule has 156 valence electrons. The number of nitrogens with two attached hydrogens (primary N) is 2. The zero-order valence-corrected chi connectivity index (χ0v) is 16.7. The highest BCUT2D eigenvalue weighted by Gasteiger charge is 2.22. The van der Waals surface area contributed by atoms with Crippen molar-refractivity contribution in [3.63, 3.8) is 0 Å². The second-order valence-corrected chi connectivity index (χ2v) is 6.90. The molecule has 3 heterocycles. The molecule has 30 heavy (non-hydrogen) atoms. The van der Waals surface area contributed by atoms with E-state index in [4.69, 9.17) is 11.5 Å². The quantitative estimate of drug-likeness (QED) is 0.421. The van der Waals surface area contributed by atoms with Crippen LogP contribution in [0.15, 0.2) is 18.3 Å². The van der Waals surface area contributed by atoms with Crippen molar-refractivity contribution in [2.75, 3.05) is 6.54 Å². The molecule has 0 saturated heterocycles. The van der Waals surface area contributed by atoms with Crippen LogP contribution in [0.1, 0.15) is 29.4 Å². The van der Waals surface area contributed by atoms with Gasteiger partial charge in [-0.15, -0.1) is 0 Å². The van der Waals surface area contributed by atoms with Crippen molar-refractivity contribution >= 4 is 16.8 Å². The smallest absolute Gasteiger partial charge is 0.248 e. The molecule has 1 amide bonds. The summed E-state index contributed by atoms with van der Waals surface area (Å²) in [6.45, 7) is 5.04. The highest BCUT2D eigenvalue weighted by molar-refractivity contribution is 6.02. The minimum Gasteiger partial charge on any atom is -0.366 e. The van der Waals surface area contributed by atoms with Crippen LogP contribution in [0.5, 0.6) is 0 Å². The van der Waals surface area contributed by atoms with E-state index in [9.17, 15) is 9.18 Å². The van der Waals surface area contributed by atoms with E-state index in [2.05, 4.69) is 25.4 Å². The number of hydrogen-bond donors (Lipinski definition) is 3. The average molecular weight is 411 g/mol. The molecule has 0 atom stereocenters. The minimum absolute atomic E-state index is 0.179. The number of carbonyl (C=O) groups is 1. The number of rotatable bonds is 7. The predicted molar refractivity (Wildman–Crippen MR) is 109 cm³/mol. The van der Waals surface area contributed by atoms with Crippen LogP contribution in [0.4, 0.5) is 4.39 Å². The standard InChI is InChI=1S/C19H22FN9O/c1-3-28-16(15(20)10(2)27-28)19-24-18(25-26-19)12-7-11(17(22)30)8-14-13(12)9-23-29(14)6-4-5-21/h7-9H,3-6,21H2,1-2H3,(H2,22,30)(H,24,25,26). The molecule has 0 saturated carbocycles. The van der Waals surface area contributed by atoms with Crippen LogP contribution in [0.25, 0.3) is 33.8 Å². The SMILES string of the molecule is CCn1nc(C)c(F)c1-c1n[nH]c(-c2cc(C(N)=O)cc3c2cnn3CCCN)n1. The van der Waals surface area contributed by atoms with Gasteiger partial charge < -0.3 is 11.5 Å². The van der Waals surface area contributed by atoms with E-state index in [0.717, 1.165) is 17.3 Å². The lowest BCUT2D eigenvalue weighted by Crippen LogP contribution is -2.12. The van der Waals surface area contributed by atoms with Crippen molar-refractivity contribution < 1.29 is 9.18 Å². The summed E-state index contributed by atoms with van der Waals surface area (Å²) in [6, 6.07) is 3.32. The van der Waals surface area contributed by atoms with Gasteiger partial charge in [0.2, 0.25) is 11.7 Å². The van der Waals surface area contributed by atoms with E-state index < -0.39 is 11.7 Å². The molecule has 4 aromatic rings. The summed E-state index contributed by atoms with van der Waals surface area (Å²) in [6.07, 6.45) is 2.42. The Morgan fingerprint density at radius 2 is 2.10 bits per heavy atom. The molecule has 0 aliphatic heterocycles. The number of aryl methyl sites for hydroxylation is 3. The van der Waals surface area contributed by atoms with Gasteiger partial charge in [0.25, 0.3) is 0 Å². The summed E-state index contributed by atoms with van der Waals surface area (Å²) in [5.41, 5.74) is 13.3. The third-order valence-corrected chi connectivity index (χ3v) is 4.93. The number of amides is 1. The maximum atomic E-state index is 14.6. The van der Waals surface area contributed by atoms with Gasteiger partial charge in [0.15, 0.2) is 11.6 Å². The van der Waals surface area contributed by atoms with Gasteiger partial charge in [-0.2, -0.15) is 15.3 Å². The Bertz CT molecular complexity index is 1240. The fourth-order valence-corrected chi connectivity index (χ4v) is 3.42. The van der Waals surface area contributed by atoms with Crippen molar-refractivity contribution in [1.29, 1.82) is 0 Å². The first kappa shape index (κ1) is 19.7. The summed E-state index contributed by atoms with van der Waals surface area (Å²) < 4.78 is 17.9. The Morgan fingerprint density at radius 3 is 2.80 bits per heavy atom. The number of hydrogen-bond acceptors (Lipinski definition) is 6. The lowest BCUT2D eigenvalue weighted by Gasteiger charge is -2.06. The minimum atomic E-state index is -0.574. The van der Waals surface area contributed by atoms with Crippen LogP contribution in [-0.4, -0.2) is 47.2 Å². The fourth-order valence-electron chi connectivity index (χ4n) is 3.42. The molecule has 11 heteroatoms. The number of benzene rings is 1. The molecule has 0 bridgehead atoms. The average Bonchev–Trinajstić information content (AvgIpc) is 3.43. The zero-order chi connectivity index (χ0) is 21.4. The van der Waals surface area contributed by atoms with Crippen LogP contribution in [0.2, 0.25) is 0 Å². The van der Waals surface area contributed by atoms with E-state index in [0.29, 0.717) is 36.6 Å². The number of fused-ring (bicyclic) bond motifs is 1. The number of aromatic amines is 1. The normalized spacial score (nSPS) is 11.5. The highest BCUT2D eigenvalue weighted by atomic mass is 19.1. The summed E-state index contributed by atoms with van der Waals surface area (Å²) in [5, 5.41) is 16.4. The summed E-state index contributed by atoms with van der Waals surface area (Å²) in [5.74, 6) is -0.487. The first-order chi connectivity index (χ1) is 14.4. The number of halogens is 1. The molecule has 10 nitrogen and oxygen atoms in total. The Hall–Kier alpha value is -3.60. The largest absolute Gasteiger partial charge is 0.366 e. The zero-order valence-electron chi connectivity index (χ0n) is 16.7. The molecule has 3 aromatic heterocycles. The Morgan fingerprint density at radius 1 is 1.30 bits per heavy atom.